The largest absolute Gasteiger partial charge is 0.450 e. The quantitative estimate of drug-likeness (QED) is 0.357. The Balaban J connectivity index is 0.00000300. The zero-order valence-electron chi connectivity index (χ0n) is 17.5. The summed E-state index contributed by atoms with van der Waals surface area (Å²) < 4.78 is 5.09. The molecular weight excluding hydrogens is 501 g/mol. The van der Waals surface area contributed by atoms with Crippen molar-refractivity contribution in [1.82, 2.24) is 20.0 Å². The van der Waals surface area contributed by atoms with Gasteiger partial charge in [0.1, 0.15) is 0 Å². The lowest BCUT2D eigenvalue weighted by atomic mass is 9.97. The third-order valence-electron chi connectivity index (χ3n) is 5.53. The molecule has 2 aliphatic heterocycles. The van der Waals surface area contributed by atoms with Gasteiger partial charge >= 0.3 is 6.09 Å². The van der Waals surface area contributed by atoms with Crippen molar-refractivity contribution >= 4 is 47.4 Å². The molecule has 3 rings (SSSR count). The SMILES string of the molecule is CCOC(=O)N1CCN(C(=NC)NCC2CCN(Cc3cccs3)CC2)CC1.I. The van der Waals surface area contributed by atoms with Crippen LogP contribution >= 0.6 is 35.3 Å². The lowest BCUT2D eigenvalue weighted by molar-refractivity contribution is 0.0913. The molecule has 3 heterocycles. The van der Waals surface area contributed by atoms with E-state index in [9.17, 15) is 4.79 Å². The Kier molecular flexibility index (Phi) is 10.5. The number of likely N-dealkylation sites (tertiary alicyclic amines) is 1. The molecule has 7 nitrogen and oxygen atoms in total. The molecule has 0 bridgehead atoms. The summed E-state index contributed by atoms with van der Waals surface area (Å²) in [7, 11) is 1.84. The molecule has 0 spiro atoms. The average molecular weight is 535 g/mol. The van der Waals surface area contributed by atoms with Gasteiger partial charge < -0.3 is 19.9 Å². The minimum absolute atomic E-state index is 0. The highest BCUT2D eigenvalue weighted by Gasteiger charge is 2.25. The summed E-state index contributed by atoms with van der Waals surface area (Å²) in [5.41, 5.74) is 0. The van der Waals surface area contributed by atoms with Gasteiger partial charge in [0.2, 0.25) is 0 Å². The third kappa shape index (κ3) is 7.29. The van der Waals surface area contributed by atoms with Crippen molar-refractivity contribution in [2.24, 2.45) is 10.9 Å². The summed E-state index contributed by atoms with van der Waals surface area (Å²) in [5.74, 6) is 1.64. The van der Waals surface area contributed by atoms with Gasteiger partial charge in [-0.1, -0.05) is 6.07 Å². The van der Waals surface area contributed by atoms with Crippen LogP contribution in [0.1, 0.15) is 24.6 Å². The fourth-order valence-corrected chi connectivity index (χ4v) is 4.60. The lowest BCUT2D eigenvalue weighted by Gasteiger charge is -2.37. The number of rotatable bonds is 5. The van der Waals surface area contributed by atoms with Crippen LogP contribution in [0.4, 0.5) is 4.79 Å². The summed E-state index contributed by atoms with van der Waals surface area (Å²) in [5, 5.41) is 5.72. The van der Waals surface area contributed by atoms with Crippen molar-refractivity contribution in [3.05, 3.63) is 22.4 Å². The maximum Gasteiger partial charge on any atom is 0.409 e. The van der Waals surface area contributed by atoms with Crippen molar-refractivity contribution in [1.29, 1.82) is 0 Å². The highest BCUT2D eigenvalue weighted by atomic mass is 127. The van der Waals surface area contributed by atoms with E-state index in [-0.39, 0.29) is 30.1 Å². The number of nitrogens with one attached hydrogen (secondary N) is 1. The first kappa shape index (κ1) is 24.2. The van der Waals surface area contributed by atoms with Gasteiger partial charge in [0.05, 0.1) is 6.61 Å². The summed E-state index contributed by atoms with van der Waals surface area (Å²) in [6.45, 7) is 9.60. The van der Waals surface area contributed by atoms with Crippen LogP contribution in [0.15, 0.2) is 22.5 Å². The van der Waals surface area contributed by atoms with Crippen molar-refractivity contribution in [3.8, 4) is 0 Å². The molecule has 0 atom stereocenters. The van der Waals surface area contributed by atoms with Gasteiger partial charge in [-0.15, -0.1) is 35.3 Å². The van der Waals surface area contributed by atoms with E-state index in [1.54, 1.807) is 4.90 Å². The van der Waals surface area contributed by atoms with E-state index in [1.807, 2.05) is 25.3 Å². The second-order valence-corrected chi connectivity index (χ2v) is 8.43. The minimum Gasteiger partial charge on any atom is -0.450 e. The van der Waals surface area contributed by atoms with E-state index >= 15 is 0 Å². The number of carbonyl (C=O) groups excluding carboxylic acids is 1. The molecule has 164 valence electrons. The minimum atomic E-state index is -0.209. The molecule has 1 aromatic heterocycles. The van der Waals surface area contributed by atoms with E-state index in [1.165, 1.54) is 30.8 Å². The zero-order chi connectivity index (χ0) is 19.8. The highest BCUT2D eigenvalue weighted by molar-refractivity contribution is 14.0. The summed E-state index contributed by atoms with van der Waals surface area (Å²) in [6.07, 6.45) is 2.25. The Labute approximate surface area is 195 Å². The number of aliphatic imine (C=N–C) groups is 1. The fourth-order valence-electron chi connectivity index (χ4n) is 3.86. The van der Waals surface area contributed by atoms with Crippen molar-refractivity contribution < 1.29 is 9.53 Å². The second-order valence-electron chi connectivity index (χ2n) is 7.40. The molecular formula is C20H34IN5O2S. The molecule has 1 aromatic rings. The van der Waals surface area contributed by atoms with Crippen molar-refractivity contribution in [3.63, 3.8) is 0 Å². The number of piperidine rings is 1. The first-order chi connectivity index (χ1) is 13.7. The number of thiophene rings is 1. The topological polar surface area (TPSA) is 60.4 Å². The number of hydrogen-bond acceptors (Lipinski definition) is 5. The molecule has 0 radical (unpaired) electrons. The van der Waals surface area contributed by atoms with Gasteiger partial charge in [-0.3, -0.25) is 9.89 Å². The van der Waals surface area contributed by atoms with Gasteiger partial charge in [0, 0.05) is 51.2 Å². The summed E-state index contributed by atoms with van der Waals surface area (Å²) in [4.78, 5) is 24.3. The lowest BCUT2D eigenvalue weighted by Crippen LogP contribution is -2.54. The number of amides is 1. The number of ether oxygens (including phenoxy) is 1. The van der Waals surface area contributed by atoms with Crippen LogP contribution in [-0.2, 0) is 11.3 Å². The van der Waals surface area contributed by atoms with Crippen LogP contribution in [0, 0.1) is 5.92 Å². The molecule has 2 saturated heterocycles. The normalized spacial score (nSPS) is 19.0. The van der Waals surface area contributed by atoms with Gasteiger partial charge in [-0.25, -0.2) is 4.79 Å². The Morgan fingerprint density at radius 3 is 2.48 bits per heavy atom. The molecule has 0 aromatic carbocycles. The fraction of sp³-hybridized carbons (Fsp3) is 0.700. The number of piperazine rings is 1. The smallest absolute Gasteiger partial charge is 0.409 e. The predicted molar refractivity (Wildman–Crippen MR) is 129 cm³/mol. The monoisotopic (exact) mass is 535 g/mol. The van der Waals surface area contributed by atoms with E-state index < -0.39 is 0 Å². The second kappa shape index (κ2) is 12.6. The number of halogens is 1. The Bertz CT molecular complexity index is 627. The maximum atomic E-state index is 11.8. The molecule has 1 N–H and O–H groups in total. The van der Waals surface area contributed by atoms with Crippen molar-refractivity contribution in [2.45, 2.75) is 26.3 Å². The number of guanidine groups is 1. The Morgan fingerprint density at radius 2 is 1.90 bits per heavy atom. The predicted octanol–water partition coefficient (Wildman–Crippen LogP) is 2.93. The number of carbonyl (C=O) groups is 1. The molecule has 9 heteroatoms. The van der Waals surface area contributed by atoms with Crippen LogP contribution in [0.3, 0.4) is 0 Å². The number of hydrogen-bond donors (Lipinski definition) is 1. The van der Waals surface area contributed by atoms with Crippen LogP contribution in [-0.4, -0.2) is 86.2 Å². The average Bonchev–Trinajstić information content (AvgIpc) is 3.23. The molecule has 2 aliphatic rings. The Morgan fingerprint density at radius 1 is 1.21 bits per heavy atom. The Hall–Kier alpha value is -1.07. The van der Waals surface area contributed by atoms with E-state index in [2.05, 4.69) is 37.6 Å². The molecule has 1 amide bonds. The third-order valence-corrected chi connectivity index (χ3v) is 6.39. The van der Waals surface area contributed by atoms with E-state index in [0.717, 1.165) is 32.1 Å². The first-order valence-electron chi connectivity index (χ1n) is 10.3. The van der Waals surface area contributed by atoms with Crippen LogP contribution in [0.5, 0.6) is 0 Å². The molecule has 29 heavy (non-hydrogen) atoms. The molecule has 2 fully saturated rings. The molecule has 0 unspecified atom stereocenters. The van der Waals surface area contributed by atoms with Gasteiger partial charge in [0.25, 0.3) is 0 Å². The van der Waals surface area contributed by atoms with Crippen LogP contribution in [0.2, 0.25) is 0 Å². The van der Waals surface area contributed by atoms with Gasteiger partial charge in [-0.05, 0) is 50.2 Å². The van der Waals surface area contributed by atoms with Crippen LogP contribution in [0.25, 0.3) is 0 Å². The van der Waals surface area contributed by atoms with Gasteiger partial charge in [0.15, 0.2) is 5.96 Å². The first-order valence-corrected chi connectivity index (χ1v) is 11.2. The summed E-state index contributed by atoms with van der Waals surface area (Å²) in [6, 6.07) is 4.36. The zero-order valence-corrected chi connectivity index (χ0v) is 20.7. The van der Waals surface area contributed by atoms with Crippen molar-refractivity contribution in [2.75, 3.05) is 59.5 Å². The summed E-state index contributed by atoms with van der Waals surface area (Å²) >= 11 is 1.85. The molecule has 0 saturated carbocycles. The molecule has 0 aliphatic carbocycles. The highest BCUT2D eigenvalue weighted by Crippen LogP contribution is 2.20. The maximum absolute atomic E-state index is 11.8. The number of nitrogens with zero attached hydrogens (tertiary/aromatic N) is 4. The van der Waals surface area contributed by atoms with Gasteiger partial charge in [-0.2, -0.15) is 0 Å². The standard InChI is InChI=1S/C20H33N5O2S.HI/c1-3-27-20(26)25-12-10-24(11-13-25)19(21-2)22-15-17-6-8-23(9-7-17)16-18-5-4-14-28-18;/h4-5,14,17H,3,6-13,15-16H2,1-2H3,(H,21,22);1H. The van der Waals surface area contributed by atoms with E-state index in [0.29, 0.717) is 25.6 Å². The van der Waals surface area contributed by atoms with E-state index in [4.69, 9.17) is 4.74 Å². The van der Waals surface area contributed by atoms with Crippen LogP contribution < -0.4 is 5.32 Å².